The van der Waals surface area contributed by atoms with E-state index in [-0.39, 0.29) is 52.8 Å². The van der Waals surface area contributed by atoms with Crippen molar-refractivity contribution in [1.29, 1.82) is 0 Å². The minimum absolute atomic E-state index is 0. The van der Waals surface area contributed by atoms with E-state index in [1.54, 1.807) is 12.1 Å². The molecule has 8 nitrogen and oxygen atoms in total. The number of amides is 1. The van der Waals surface area contributed by atoms with Gasteiger partial charge in [0.15, 0.2) is 0 Å². The van der Waals surface area contributed by atoms with Gasteiger partial charge < -0.3 is 25.2 Å². The lowest BCUT2D eigenvalue weighted by molar-refractivity contribution is -0.136. The Kier molecular flexibility index (Phi) is 10.1. The molecule has 0 radical (unpaired) electrons. The number of halogens is 2. The van der Waals surface area contributed by atoms with Crippen molar-refractivity contribution in [2.24, 2.45) is 13.0 Å². The van der Waals surface area contributed by atoms with E-state index in [0.29, 0.717) is 11.5 Å². The molecule has 29 heavy (non-hydrogen) atoms. The number of benzene rings is 1. The van der Waals surface area contributed by atoms with Gasteiger partial charge in [-0.15, -0.1) is 34.0 Å². The lowest BCUT2D eigenvalue weighted by atomic mass is 9.98. The molecule has 10 heteroatoms. The number of carbonyl (C=O) groups excluding carboxylic acids is 1. The van der Waals surface area contributed by atoms with Gasteiger partial charge in [-0.05, 0) is 50.0 Å². The predicted molar refractivity (Wildman–Crippen MR) is 125 cm³/mol. The molecule has 1 aliphatic heterocycles. The van der Waals surface area contributed by atoms with Crippen LogP contribution < -0.4 is 15.5 Å². The number of aromatic nitrogens is 2. The number of piperidine rings is 1. The number of imidazole rings is 1. The maximum Gasteiger partial charge on any atom is 0.305 e. The smallest absolute Gasteiger partial charge is 0.305 e. The fraction of sp³-hybridized carbons (Fsp3) is 0.526. The summed E-state index contributed by atoms with van der Waals surface area (Å²) in [5.74, 6) is 0.323. The topological polar surface area (TPSA) is 99.5 Å². The van der Waals surface area contributed by atoms with Crippen LogP contribution in [0, 0.1) is 5.92 Å². The Balaban J connectivity index is 0.00000210. The van der Waals surface area contributed by atoms with Crippen molar-refractivity contribution in [2.75, 3.05) is 38.1 Å². The normalized spacial score (nSPS) is 14.0. The van der Waals surface area contributed by atoms with Crippen LogP contribution in [0.4, 0.5) is 5.95 Å². The summed E-state index contributed by atoms with van der Waals surface area (Å²) in [4.78, 5) is 29.7. The number of hydrogen-bond acceptors (Lipinski definition) is 5. The zero-order valence-electron chi connectivity index (χ0n) is 16.7. The van der Waals surface area contributed by atoms with E-state index >= 15 is 0 Å². The van der Waals surface area contributed by atoms with Gasteiger partial charge in [0.25, 0.3) is 5.91 Å². The van der Waals surface area contributed by atoms with E-state index in [4.69, 9.17) is 10.1 Å². The average Bonchev–Trinajstić information content (AvgIpc) is 2.98. The number of rotatable bonds is 7. The van der Waals surface area contributed by atoms with E-state index in [1.165, 1.54) is 12.8 Å². The van der Waals surface area contributed by atoms with Crippen LogP contribution in [-0.2, 0) is 11.8 Å². The van der Waals surface area contributed by atoms with Gasteiger partial charge in [0.2, 0.25) is 5.95 Å². The van der Waals surface area contributed by atoms with E-state index in [2.05, 4.69) is 22.6 Å². The van der Waals surface area contributed by atoms with Crippen molar-refractivity contribution in [3.8, 4) is 0 Å². The summed E-state index contributed by atoms with van der Waals surface area (Å²) in [6.45, 7) is 3.21. The van der Waals surface area contributed by atoms with E-state index in [1.807, 2.05) is 17.7 Å². The summed E-state index contributed by atoms with van der Waals surface area (Å²) in [7, 11) is 4.04. The Morgan fingerprint density at radius 1 is 1.31 bits per heavy atom. The molecule has 2 aromatic rings. The van der Waals surface area contributed by atoms with Crippen LogP contribution in [0.3, 0.4) is 0 Å². The molecule has 1 aliphatic rings. The fourth-order valence-corrected chi connectivity index (χ4v) is 3.59. The minimum Gasteiger partial charge on any atom is -0.481 e. The third-order valence-electron chi connectivity index (χ3n) is 5.08. The molecule has 3 N–H and O–H groups in total. The second-order valence-electron chi connectivity index (χ2n) is 7.15. The van der Waals surface area contributed by atoms with Gasteiger partial charge in [0.05, 0.1) is 17.5 Å². The van der Waals surface area contributed by atoms with Gasteiger partial charge in [0.1, 0.15) is 0 Å². The van der Waals surface area contributed by atoms with Gasteiger partial charge in [-0.25, -0.2) is 4.98 Å². The summed E-state index contributed by atoms with van der Waals surface area (Å²) in [6, 6.07) is 5.39. The quantitative estimate of drug-likeness (QED) is 0.504. The Morgan fingerprint density at radius 2 is 2.00 bits per heavy atom. The molecule has 1 aromatic heterocycles. The number of aryl methyl sites for hydroxylation is 1. The SMILES string of the molecule is Br.Br.CN(CC1CCNCC1)c1nc2cc(C(=O)NCCC(=O)O)ccc2n1C. The number of anilines is 1. The van der Waals surface area contributed by atoms with Crippen LogP contribution in [0.15, 0.2) is 18.2 Å². The van der Waals surface area contributed by atoms with Crippen LogP contribution in [0.2, 0.25) is 0 Å². The lowest BCUT2D eigenvalue weighted by Crippen LogP contribution is -2.35. The molecule has 0 atom stereocenters. The maximum atomic E-state index is 12.2. The van der Waals surface area contributed by atoms with Crippen molar-refractivity contribution >= 4 is 62.8 Å². The molecule has 1 saturated heterocycles. The van der Waals surface area contributed by atoms with Crippen molar-refractivity contribution < 1.29 is 14.7 Å². The zero-order chi connectivity index (χ0) is 19.4. The monoisotopic (exact) mass is 533 g/mol. The van der Waals surface area contributed by atoms with Crippen molar-refractivity contribution in [3.63, 3.8) is 0 Å². The molecule has 1 aromatic carbocycles. The van der Waals surface area contributed by atoms with Crippen LogP contribution in [0.25, 0.3) is 11.0 Å². The summed E-state index contributed by atoms with van der Waals surface area (Å²) in [6.07, 6.45) is 2.26. The molecule has 3 rings (SSSR count). The molecule has 1 fully saturated rings. The molecule has 2 heterocycles. The first-order valence-corrected chi connectivity index (χ1v) is 9.34. The summed E-state index contributed by atoms with van der Waals surface area (Å²) in [5.41, 5.74) is 2.21. The van der Waals surface area contributed by atoms with Gasteiger partial charge in [-0.3, -0.25) is 9.59 Å². The summed E-state index contributed by atoms with van der Waals surface area (Å²) >= 11 is 0. The first kappa shape index (κ1) is 25.4. The number of hydrogen-bond donors (Lipinski definition) is 3. The standard InChI is InChI=1S/C19H27N5O3.2BrH/c1-23(12-13-5-8-20-9-6-13)19-22-15-11-14(3-4-16(15)24(19)2)18(27)21-10-7-17(25)26;;/h3-4,11,13,20H,5-10,12H2,1-2H3,(H,21,27)(H,25,26);2*1H. The highest BCUT2D eigenvalue weighted by Gasteiger charge is 2.19. The first-order valence-electron chi connectivity index (χ1n) is 9.34. The number of nitrogens with zero attached hydrogens (tertiary/aromatic N) is 3. The van der Waals surface area contributed by atoms with Crippen LogP contribution in [-0.4, -0.2) is 59.8 Å². The van der Waals surface area contributed by atoms with Crippen molar-refractivity contribution in [3.05, 3.63) is 23.8 Å². The number of carbonyl (C=O) groups is 2. The highest BCUT2D eigenvalue weighted by atomic mass is 79.9. The minimum atomic E-state index is -0.933. The number of aliphatic carboxylic acids is 1. The molecule has 0 spiro atoms. The zero-order valence-corrected chi connectivity index (χ0v) is 20.1. The average molecular weight is 535 g/mol. The molecule has 0 unspecified atom stereocenters. The number of nitrogens with one attached hydrogen (secondary N) is 2. The molecule has 1 amide bonds. The molecule has 0 saturated carbocycles. The summed E-state index contributed by atoms with van der Waals surface area (Å²) < 4.78 is 2.04. The number of fused-ring (bicyclic) bond motifs is 1. The number of carboxylic acid groups (broad SMARTS) is 1. The lowest BCUT2D eigenvalue weighted by Gasteiger charge is -2.28. The van der Waals surface area contributed by atoms with Crippen LogP contribution in [0.1, 0.15) is 29.6 Å². The molecular formula is C19H29Br2N5O3. The molecule has 0 bridgehead atoms. The largest absolute Gasteiger partial charge is 0.481 e. The van der Waals surface area contributed by atoms with Gasteiger partial charge >= 0.3 is 5.97 Å². The molecule has 0 aliphatic carbocycles. The van der Waals surface area contributed by atoms with Crippen molar-refractivity contribution in [2.45, 2.75) is 19.3 Å². The third-order valence-corrected chi connectivity index (χ3v) is 5.08. The van der Waals surface area contributed by atoms with E-state index < -0.39 is 5.97 Å². The van der Waals surface area contributed by atoms with Crippen LogP contribution >= 0.6 is 34.0 Å². The Labute approximate surface area is 191 Å². The Morgan fingerprint density at radius 3 is 2.66 bits per heavy atom. The van der Waals surface area contributed by atoms with E-state index in [0.717, 1.165) is 36.6 Å². The van der Waals surface area contributed by atoms with Crippen molar-refractivity contribution in [1.82, 2.24) is 20.2 Å². The fourth-order valence-electron chi connectivity index (χ4n) is 3.59. The third kappa shape index (κ3) is 6.42. The van der Waals surface area contributed by atoms with Gasteiger partial charge in [-0.2, -0.15) is 0 Å². The highest BCUT2D eigenvalue weighted by molar-refractivity contribution is 8.93. The second kappa shape index (κ2) is 11.5. The first-order chi connectivity index (χ1) is 13.0. The van der Waals surface area contributed by atoms with Crippen LogP contribution in [0.5, 0.6) is 0 Å². The predicted octanol–water partition coefficient (Wildman–Crippen LogP) is 2.37. The molecular weight excluding hydrogens is 506 g/mol. The second-order valence-corrected chi connectivity index (χ2v) is 7.15. The van der Waals surface area contributed by atoms with Gasteiger partial charge in [-0.1, -0.05) is 0 Å². The Bertz CT molecular complexity index is 837. The highest BCUT2D eigenvalue weighted by Crippen LogP contribution is 2.23. The van der Waals surface area contributed by atoms with Gasteiger partial charge in [0, 0.05) is 32.7 Å². The molecule has 162 valence electrons. The Hall–Kier alpha value is -1.65. The number of carboxylic acids is 1. The summed E-state index contributed by atoms with van der Waals surface area (Å²) in [5, 5.41) is 14.7. The maximum absolute atomic E-state index is 12.2. The van der Waals surface area contributed by atoms with E-state index in [9.17, 15) is 9.59 Å².